The molecule has 0 aliphatic rings. The smallest absolute Gasteiger partial charge is 0.407 e. The molecule has 9 heteroatoms. The van der Waals surface area contributed by atoms with Gasteiger partial charge in [-0.1, -0.05) is 32.9 Å². The van der Waals surface area contributed by atoms with Gasteiger partial charge >= 0.3 is 12.1 Å². The van der Waals surface area contributed by atoms with Crippen LogP contribution in [0.25, 0.3) is 0 Å². The van der Waals surface area contributed by atoms with Crippen LogP contribution < -0.4 is 20.7 Å². The van der Waals surface area contributed by atoms with E-state index in [4.69, 9.17) is 20.0 Å². The van der Waals surface area contributed by atoms with Gasteiger partial charge in [-0.25, -0.2) is 9.59 Å². The normalized spacial score (nSPS) is 10.3. The first-order valence-corrected chi connectivity index (χ1v) is 11.1. The lowest BCUT2D eigenvalue weighted by atomic mass is 10.1. The summed E-state index contributed by atoms with van der Waals surface area (Å²) in [5, 5.41) is 25.8. The molecule has 180 valence electrons. The van der Waals surface area contributed by atoms with Gasteiger partial charge in [0.15, 0.2) is 0 Å². The van der Waals surface area contributed by atoms with Crippen molar-refractivity contribution in [3.63, 3.8) is 0 Å². The highest BCUT2D eigenvalue weighted by atomic mass is 16.6. The maximum atomic E-state index is 12.3. The Balaban J connectivity index is 0.00000281. The van der Waals surface area contributed by atoms with Crippen LogP contribution in [0, 0.1) is 22.7 Å². The fraction of sp³-hybridized carbons (Fsp3) is 0.360. The number of hydrogen-bond acceptors (Lipinski definition) is 6. The van der Waals surface area contributed by atoms with Gasteiger partial charge in [0.05, 0.1) is 18.7 Å². The molecule has 1 atom stereocenters. The molecule has 0 radical (unpaired) electrons. The highest BCUT2D eigenvalue weighted by Gasteiger charge is 2.12. The van der Waals surface area contributed by atoms with Gasteiger partial charge in [-0.2, -0.15) is 10.5 Å². The van der Waals surface area contributed by atoms with E-state index in [0.717, 1.165) is 5.56 Å². The van der Waals surface area contributed by atoms with E-state index in [0.29, 0.717) is 42.0 Å². The number of amides is 3. The zero-order valence-electron chi connectivity index (χ0n) is 20.0. The Hall–Kier alpha value is -4.24. The largest absolute Gasteiger partial charge is 0.495 e. The number of nitriles is 2. The van der Waals surface area contributed by atoms with Crippen LogP contribution in [-0.2, 0) is 11.3 Å². The van der Waals surface area contributed by atoms with Crippen LogP contribution in [0.15, 0.2) is 42.5 Å². The summed E-state index contributed by atoms with van der Waals surface area (Å²) < 4.78 is 10.4. The molecule has 34 heavy (non-hydrogen) atoms. The van der Waals surface area contributed by atoms with Crippen molar-refractivity contribution in [1.29, 1.82) is 10.5 Å². The van der Waals surface area contributed by atoms with E-state index in [9.17, 15) is 9.59 Å². The highest BCUT2D eigenvalue weighted by molar-refractivity contribution is 6.00. The van der Waals surface area contributed by atoms with Crippen LogP contribution in [0.4, 0.5) is 21.0 Å². The number of urea groups is 1. The Kier molecular flexibility index (Phi) is 12.7. The molecule has 9 nitrogen and oxygen atoms in total. The van der Waals surface area contributed by atoms with Gasteiger partial charge in [0, 0.05) is 30.4 Å². The van der Waals surface area contributed by atoms with E-state index >= 15 is 0 Å². The number of alkyl carbamates (subject to hydrolysis) is 1. The van der Waals surface area contributed by atoms with Gasteiger partial charge in [0.2, 0.25) is 0 Å². The Morgan fingerprint density at radius 2 is 1.76 bits per heavy atom. The average Bonchev–Trinajstić information content (AvgIpc) is 2.86. The van der Waals surface area contributed by atoms with Crippen molar-refractivity contribution in [2.45, 2.75) is 52.7 Å². The summed E-state index contributed by atoms with van der Waals surface area (Å²) in [5.41, 5.74) is 2.15. The summed E-state index contributed by atoms with van der Waals surface area (Å²) in [6, 6.07) is 15.3. The molecule has 0 fully saturated rings. The number of hydrogen-bond donors (Lipinski definition) is 3. The lowest BCUT2D eigenvalue weighted by Gasteiger charge is -2.15. The topological polar surface area (TPSA) is 136 Å². The minimum absolute atomic E-state index is 0.220. The minimum atomic E-state index is -0.555. The number of carbonyl (C=O) groups excluding carboxylic acids is 2. The van der Waals surface area contributed by atoms with E-state index in [-0.39, 0.29) is 12.6 Å². The molecular formula is C25H31N5O4. The quantitative estimate of drug-likeness (QED) is 0.444. The van der Waals surface area contributed by atoms with Crippen molar-refractivity contribution in [3.05, 3.63) is 53.6 Å². The molecule has 2 aromatic carbocycles. The van der Waals surface area contributed by atoms with Crippen LogP contribution in [0.2, 0.25) is 0 Å². The Labute approximate surface area is 200 Å². The number of nitrogens with one attached hydrogen (secondary N) is 3. The average molecular weight is 466 g/mol. The van der Waals surface area contributed by atoms with Crippen molar-refractivity contribution in [3.8, 4) is 17.9 Å². The molecule has 2 rings (SSSR count). The molecule has 0 saturated heterocycles. The maximum absolute atomic E-state index is 12.3. The molecule has 0 aromatic heterocycles. The van der Waals surface area contributed by atoms with E-state index in [2.05, 4.69) is 16.0 Å². The number of carbonyl (C=O) groups is 2. The standard InChI is InChI=1S/C23H25N5O4.C2H6/c1-3-20(8-5-11-24)32-23(30)26-15-16-6-4-7-18(12-16)27-22(29)28-19-10-9-17(14-25)21(13-19)31-2;1-2/h4,6-7,9-10,12-13,20H,3,5,8,15H2,1-2H3,(H,26,30)(H2,27,28,29);1-2H3/t20-;/m1./s1. The van der Waals surface area contributed by atoms with Crippen LogP contribution >= 0.6 is 0 Å². The monoisotopic (exact) mass is 465 g/mol. The maximum Gasteiger partial charge on any atom is 0.407 e. The lowest BCUT2D eigenvalue weighted by molar-refractivity contribution is 0.0906. The lowest BCUT2D eigenvalue weighted by Crippen LogP contribution is -2.28. The van der Waals surface area contributed by atoms with Crippen LogP contribution in [0.3, 0.4) is 0 Å². The molecule has 3 N–H and O–H groups in total. The third-order valence-electron chi connectivity index (χ3n) is 4.51. The van der Waals surface area contributed by atoms with Gasteiger partial charge < -0.3 is 25.4 Å². The van der Waals surface area contributed by atoms with E-state index < -0.39 is 12.1 Å². The van der Waals surface area contributed by atoms with Crippen molar-refractivity contribution in [2.75, 3.05) is 17.7 Å². The Morgan fingerprint density at radius 3 is 2.38 bits per heavy atom. The molecular weight excluding hydrogens is 434 g/mol. The van der Waals surface area contributed by atoms with Gasteiger partial charge in [-0.3, -0.25) is 0 Å². The summed E-state index contributed by atoms with van der Waals surface area (Å²) >= 11 is 0. The first-order valence-electron chi connectivity index (χ1n) is 11.1. The molecule has 0 saturated carbocycles. The first kappa shape index (κ1) is 27.8. The number of ether oxygens (including phenoxy) is 2. The first-order chi connectivity index (χ1) is 16.5. The molecule has 0 heterocycles. The molecule has 0 aliphatic heterocycles. The van der Waals surface area contributed by atoms with Crippen molar-refractivity contribution >= 4 is 23.5 Å². The molecule has 0 aliphatic carbocycles. The number of benzene rings is 2. The van der Waals surface area contributed by atoms with Crippen molar-refractivity contribution in [2.24, 2.45) is 0 Å². The van der Waals surface area contributed by atoms with Gasteiger partial charge in [-0.15, -0.1) is 0 Å². The number of anilines is 2. The molecule has 3 amide bonds. The predicted molar refractivity (Wildman–Crippen MR) is 130 cm³/mol. The zero-order chi connectivity index (χ0) is 25.3. The second-order valence-corrected chi connectivity index (χ2v) is 6.79. The van der Waals surface area contributed by atoms with Crippen molar-refractivity contribution in [1.82, 2.24) is 5.32 Å². The summed E-state index contributed by atoms with van der Waals surface area (Å²) in [6.45, 7) is 6.11. The van der Waals surface area contributed by atoms with Gasteiger partial charge in [0.25, 0.3) is 0 Å². The third-order valence-corrected chi connectivity index (χ3v) is 4.51. The molecule has 0 spiro atoms. The number of nitrogens with zero attached hydrogens (tertiary/aromatic N) is 2. The molecule has 0 bridgehead atoms. The molecule has 0 unspecified atom stereocenters. The van der Waals surface area contributed by atoms with Crippen molar-refractivity contribution < 1.29 is 19.1 Å². The zero-order valence-corrected chi connectivity index (χ0v) is 20.0. The number of methoxy groups -OCH3 is 1. The second-order valence-electron chi connectivity index (χ2n) is 6.79. The van der Waals surface area contributed by atoms with Crippen LogP contribution in [-0.4, -0.2) is 25.3 Å². The number of rotatable bonds is 9. The minimum Gasteiger partial charge on any atom is -0.495 e. The summed E-state index contributed by atoms with van der Waals surface area (Å²) in [7, 11) is 1.45. The highest BCUT2D eigenvalue weighted by Crippen LogP contribution is 2.22. The predicted octanol–water partition coefficient (Wildman–Crippen LogP) is 5.55. The fourth-order valence-electron chi connectivity index (χ4n) is 2.85. The summed E-state index contributed by atoms with van der Waals surface area (Å²) in [5.74, 6) is 0.364. The fourth-order valence-corrected chi connectivity index (χ4v) is 2.85. The summed E-state index contributed by atoms with van der Waals surface area (Å²) in [4.78, 5) is 24.3. The Bertz CT molecular complexity index is 1030. The summed E-state index contributed by atoms with van der Waals surface area (Å²) in [6.07, 6.45) is 0.610. The second kappa shape index (κ2) is 15.5. The van der Waals surface area contributed by atoms with E-state index in [1.807, 2.05) is 39.0 Å². The van der Waals surface area contributed by atoms with Crippen LogP contribution in [0.1, 0.15) is 51.2 Å². The Morgan fingerprint density at radius 1 is 1.06 bits per heavy atom. The molecule has 2 aromatic rings. The van der Waals surface area contributed by atoms with Gasteiger partial charge in [0.1, 0.15) is 17.9 Å². The third kappa shape index (κ3) is 9.49. The van der Waals surface area contributed by atoms with Gasteiger partial charge in [-0.05, 0) is 42.7 Å². The van der Waals surface area contributed by atoms with E-state index in [1.54, 1.807) is 36.4 Å². The van der Waals surface area contributed by atoms with E-state index in [1.165, 1.54) is 7.11 Å². The van der Waals surface area contributed by atoms with Crippen LogP contribution in [0.5, 0.6) is 5.75 Å². The SMILES string of the molecule is CC.CC[C@H](CCC#N)OC(=O)NCc1cccc(NC(=O)Nc2ccc(C#N)c(OC)c2)c1.